The van der Waals surface area contributed by atoms with Gasteiger partial charge in [-0.25, -0.2) is 4.63 Å². The molecule has 0 spiro atoms. The molecule has 0 aliphatic carbocycles. The molecule has 1 heterocycles. The summed E-state index contributed by atoms with van der Waals surface area (Å²) in [5, 5.41) is 9.86. The molecule has 0 atom stereocenters. The van der Waals surface area contributed by atoms with Gasteiger partial charge in [-0.2, -0.15) is 13.2 Å². The van der Waals surface area contributed by atoms with Crippen LogP contribution in [0, 0.1) is 0 Å². The van der Waals surface area contributed by atoms with Crippen molar-refractivity contribution < 1.29 is 22.6 Å². The lowest BCUT2D eigenvalue weighted by atomic mass is 10.1. The van der Waals surface area contributed by atoms with Crippen LogP contribution in [0.1, 0.15) is 15.9 Å². The molecule has 1 aromatic heterocycles. The van der Waals surface area contributed by atoms with Crippen LogP contribution in [0.4, 0.5) is 18.9 Å². The van der Waals surface area contributed by atoms with Gasteiger partial charge in [0.05, 0.1) is 11.3 Å². The molecular weight excluding hydrogens is 299 g/mol. The Morgan fingerprint density at radius 3 is 2.45 bits per heavy atom. The summed E-state index contributed by atoms with van der Waals surface area (Å²) in [6, 6.07) is 8.82. The first-order valence-corrected chi connectivity index (χ1v) is 6.15. The normalized spacial score (nSPS) is 11.6. The number of nitrogens with one attached hydrogen (secondary N) is 1. The highest BCUT2D eigenvalue weighted by molar-refractivity contribution is 6.07. The number of rotatable bonds is 2. The lowest BCUT2D eigenvalue weighted by Crippen LogP contribution is -2.13. The highest BCUT2D eigenvalue weighted by Gasteiger charge is 2.30. The third-order valence-corrected chi connectivity index (χ3v) is 3.01. The summed E-state index contributed by atoms with van der Waals surface area (Å²) in [5.74, 6) is -0.552. The Hall–Kier alpha value is -2.90. The first-order chi connectivity index (χ1) is 10.4. The van der Waals surface area contributed by atoms with Gasteiger partial charge >= 0.3 is 6.18 Å². The van der Waals surface area contributed by atoms with E-state index in [1.54, 1.807) is 18.2 Å². The number of aromatic nitrogens is 2. The number of alkyl halides is 3. The van der Waals surface area contributed by atoms with Crippen molar-refractivity contribution in [1.29, 1.82) is 0 Å². The van der Waals surface area contributed by atoms with Crippen molar-refractivity contribution in [2.24, 2.45) is 0 Å². The minimum atomic E-state index is -4.44. The van der Waals surface area contributed by atoms with Crippen LogP contribution in [0.25, 0.3) is 11.0 Å². The van der Waals surface area contributed by atoms with Crippen LogP contribution in [0.5, 0.6) is 0 Å². The Bertz CT molecular complexity index is 825. The number of hydrogen-bond donors (Lipinski definition) is 1. The van der Waals surface area contributed by atoms with Gasteiger partial charge in [0.15, 0.2) is 5.52 Å². The largest absolute Gasteiger partial charge is 0.416 e. The summed E-state index contributed by atoms with van der Waals surface area (Å²) in [6.07, 6.45) is -4.44. The fourth-order valence-electron chi connectivity index (χ4n) is 1.91. The quantitative estimate of drug-likeness (QED) is 0.787. The predicted molar refractivity (Wildman–Crippen MR) is 71.2 cm³/mol. The van der Waals surface area contributed by atoms with Crippen molar-refractivity contribution in [2.75, 3.05) is 5.32 Å². The summed E-state index contributed by atoms with van der Waals surface area (Å²) in [4.78, 5) is 12.1. The van der Waals surface area contributed by atoms with Crippen molar-refractivity contribution in [2.45, 2.75) is 6.18 Å². The summed E-state index contributed by atoms with van der Waals surface area (Å²) >= 11 is 0. The van der Waals surface area contributed by atoms with Crippen LogP contribution in [-0.4, -0.2) is 16.2 Å². The van der Waals surface area contributed by atoms with Crippen molar-refractivity contribution in [1.82, 2.24) is 10.3 Å². The molecular formula is C14H8F3N3O2. The molecule has 1 N–H and O–H groups in total. The van der Waals surface area contributed by atoms with Gasteiger partial charge in [-0.1, -0.05) is 6.07 Å². The Kier molecular flexibility index (Phi) is 3.28. The van der Waals surface area contributed by atoms with Crippen LogP contribution in [0.2, 0.25) is 0 Å². The molecule has 0 aliphatic heterocycles. The Labute approximate surface area is 121 Å². The number of benzene rings is 2. The molecule has 1 amide bonds. The van der Waals surface area contributed by atoms with E-state index >= 15 is 0 Å². The van der Waals surface area contributed by atoms with E-state index in [4.69, 9.17) is 0 Å². The van der Waals surface area contributed by atoms with Gasteiger partial charge < -0.3 is 5.32 Å². The molecule has 3 rings (SSSR count). The minimum Gasteiger partial charge on any atom is -0.320 e. The number of carbonyl (C=O) groups excluding carboxylic acids is 1. The van der Waals surface area contributed by atoms with Gasteiger partial charge in [-0.3, -0.25) is 4.79 Å². The zero-order valence-corrected chi connectivity index (χ0v) is 10.9. The zero-order chi connectivity index (χ0) is 15.7. The van der Waals surface area contributed by atoms with E-state index in [2.05, 4.69) is 20.3 Å². The van der Waals surface area contributed by atoms with Gasteiger partial charge in [0.1, 0.15) is 5.52 Å². The van der Waals surface area contributed by atoms with Crippen molar-refractivity contribution >= 4 is 22.6 Å². The average Bonchev–Trinajstić information content (AvgIpc) is 2.96. The Morgan fingerprint density at radius 2 is 1.77 bits per heavy atom. The maximum absolute atomic E-state index is 12.5. The van der Waals surface area contributed by atoms with E-state index in [1.807, 2.05) is 0 Å². The lowest BCUT2D eigenvalue weighted by molar-refractivity contribution is -0.137. The molecule has 22 heavy (non-hydrogen) atoms. The molecule has 0 radical (unpaired) electrons. The predicted octanol–water partition coefficient (Wildman–Crippen LogP) is 3.49. The number of amides is 1. The fourth-order valence-corrected chi connectivity index (χ4v) is 1.91. The maximum Gasteiger partial charge on any atom is 0.416 e. The minimum absolute atomic E-state index is 0.0986. The molecule has 0 unspecified atom stereocenters. The SMILES string of the molecule is O=C(Nc1cccc2nonc12)c1ccc(C(F)(F)F)cc1. The van der Waals surface area contributed by atoms with Gasteiger partial charge in [0, 0.05) is 5.56 Å². The van der Waals surface area contributed by atoms with Crippen molar-refractivity contribution in [3.8, 4) is 0 Å². The van der Waals surface area contributed by atoms with Crippen molar-refractivity contribution in [3.63, 3.8) is 0 Å². The molecule has 2 aromatic carbocycles. The standard InChI is InChI=1S/C14H8F3N3O2/c15-14(16,17)9-6-4-8(5-7-9)13(21)18-10-2-1-3-11-12(10)20-22-19-11/h1-7H,(H,18,21). The second-order valence-electron chi connectivity index (χ2n) is 4.47. The average molecular weight is 307 g/mol. The maximum atomic E-state index is 12.5. The second-order valence-corrected chi connectivity index (χ2v) is 4.47. The molecule has 3 aromatic rings. The number of halogens is 3. The highest BCUT2D eigenvalue weighted by atomic mass is 19.4. The number of fused-ring (bicyclic) bond motifs is 1. The molecule has 112 valence electrons. The van der Waals surface area contributed by atoms with Gasteiger partial charge in [-0.05, 0) is 46.7 Å². The van der Waals surface area contributed by atoms with Gasteiger partial charge in [0.25, 0.3) is 5.91 Å². The van der Waals surface area contributed by atoms with E-state index in [-0.39, 0.29) is 5.56 Å². The van der Waals surface area contributed by atoms with Crippen LogP contribution in [-0.2, 0) is 6.18 Å². The molecule has 5 nitrogen and oxygen atoms in total. The molecule has 0 aliphatic rings. The monoisotopic (exact) mass is 307 g/mol. The van der Waals surface area contributed by atoms with E-state index in [0.29, 0.717) is 16.7 Å². The number of carbonyl (C=O) groups is 1. The molecule has 0 saturated heterocycles. The smallest absolute Gasteiger partial charge is 0.320 e. The third-order valence-electron chi connectivity index (χ3n) is 3.01. The van der Waals surface area contributed by atoms with Gasteiger partial charge in [0.2, 0.25) is 0 Å². The van der Waals surface area contributed by atoms with E-state index in [1.165, 1.54) is 0 Å². The third kappa shape index (κ3) is 2.62. The number of nitrogens with zero attached hydrogens (tertiary/aromatic N) is 2. The van der Waals surface area contributed by atoms with Crippen LogP contribution in [0.15, 0.2) is 47.1 Å². The summed E-state index contributed by atoms with van der Waals surface area (Å²) in [7, 11) is 0. The van der Waals surface area contributed by atoms with Crippen LogP contribution in [0.3, 0.4) is 0 Å². The zero-order valence-electron chi connectivity index (χ0n) is 10.9. The second kappa shape index (κ2) is 5.14. The molecule has 8 heteroatoms. The molecule has 0 fully saturated rings. The lowest BCUT2D eigenvalue weighted by Gasteiger charge is -2.08. The number of hydrogen-bond acceptors (Lipinski definition) is 4. The molecule has 0 saturated carbocycles. The van der Waals surface area contributed by atoms with E-state index in [0.717, 1.165) is 24.3 Å². The summed E-state index contributed by atoms with van der Waals surface area (Å²) < 4.78 is 42.0. The topological polar surface area (TPSA) is 68.0 Å². The number of anilines is 1. The van der Waals surface area contributed by atoms with Crippen LogP contribution >= 0.6 is 0 Å². The summed E-state index contributed by atoms with van der Waals surface area (Å²) in [6.45, 7) is 0. The highest BCUT2D eigenvalue weighted by Crippen LogP contribution is 2.29. The first-order valence-electron chi connectivity index (χ1n) is 6.15. The van der Waals surface area contributed by atoms with E-state index in [9.17, 15) is 18.0 Å². The fraction of sp³-hybridized carbons (Fsp3) is 0.0714. The first kappa shape index (κ1) is 14.1. The Balaban J connectivity index is 1.84. The van der Waals surface area contributed by atoms with Crippen LogP contribution < -0.4 is 5.32 Å². The van der Waals surface area contributed by atoms with Gasteiger partial charge in [-0.15, -0.1) is 0 Å². The van der Waals surface area contributed by atoms with E-state index < -0.39 is 17.6 Å². The summed E-state index contributed by atoms with van der Waals surface area (Å²) in [5.41, 5.74) is 0.477. The Morgan fingerprint density at radius 1 is 1.05 bits per heavy atom. The van der Waals surface area contributed by atoms with Crippen molar-refractivity contribution in [3.05, 3.63) is 53.6 Å². The molecule has 0 bridgehead atoms.